The minimum atomic E-state index is 0.506. The molecule has 0 spiro atoms. The van der Waals surface area contributed by atoms with Gasteiger partial charge in [-0.25, -0.2) is 9.97 Å². The maximum absolute atomic E-state index is 6.43. The first-order valence-electron chi connectivity index (χ1n) is 8.36. The second kappa shape index (κ2) is 6.34. The van der Waals surface area contributed by atoms with E-state index in [1.54, 1.807) is 0 Å². The lowest BCUT2D eigenvalue weighted by Gasteiger charge is -2.11. The van der Waals surface area contributed by atoms with Gasteiger partial charge in [0.2, 0.25) is 0 Å². The molecule has 6 nitrogen and oxygen atoms in total. The summed E-state index contributed by atoms with van der Waals surface area (Å²) in [5, 5.41) is 4.85. The van der Waals surface area contributed by atoms with Crippen LogP contribution in [0.15, 0.2) is 67.3 Å². The summed E-state index contributed by atoms with van der Waals surface area (Å²) in [6, 6.07) is 15.3. The number of anilines is 2. The summed E-state index contributed by atoms with van der Waals surface area (Å²) < 4.78 is 5.94. The zero-order valence-corrected chi connectivity index (χ0v) is 14.8. The highest BCUT2D eigenvalue weighted by Crippen LogP contribution is 2.34. The number of nitrogens with zero attached hydrogens (tertiary/aromatic N) is 2. The lowest BCUT2D eigenvalue weighted by Crippen LogP contribution is -1.96. The van der Waals surface area contributed by atoms with Gasteiger partial charge < -0.3 is 20.0 Å². The Morgan fingerprint density at radius 3 is 2.78 bits per heavy atom. The van der Waals surface area contributed by atoms with E-state index in [-0.39, 0.29) is 0 Å². The Hall–Kier alpha value is -3.51. The summed E-state index contributed by atoms with van der Waals surface area (Å²) in [7, 11) is 0. The van der Waals surface area contributed by atoms with Gasteiger partial charge in [-0.1, -0.05) is 11.6 Å². The van der Waals surface area contributed by atoms with Gasteiger partial charge in [0.05, 0.1) is 10.5 Å². The highest BCUT2D eigenvalue weighted by atomic mass is 35.5. The van der Waals surface area contributed by atoms with Gasteiger partial charge in [-0.15, -0.1) is 0 Å². The molecule has 5 aromatic rings. The number of aromatic nitrogens is 4. The molecule has 0 aliphatic rings. The molecule has 0 fully saturated rings. The van der Waals surface area contributed by atoms with Crippen molar-refractivity contribution in [3.8, 4) is 11.5 Å². The summed E-state index contributed by atoms with van der Waals surface area (Å²) in [5.41, 5.74) is 3.56. The molecular formula is C20H14ClN5O. The summed E-state index contributed by atoms with van der Waals surface area (Å²) in [5.74, 6) is 2.01. The minimum Gasteiger partial charge on any atom is -0.456 e. The first-order chi connectivity index (χ1) is 13.3. The fourth-order valence-corrected chi connectivity index (χ4v) is 3.21. The zero-order chi connectivity index (χ0) is 18.2. The number of halogens is 1. The minimum absolute atomic E-state index is 0.506. The molecule has 0 aliphatic heterocycles. The lowest BCUT2D eigenvalue weighted by molar-refractivity contribution is 0.484. The van der Waals surface area contributed by atoms with Crippen LogP contribution < -0.4 is 10.1 Å². The second-order valence-corrected chi connectivity index (χ2v) is 6.47. The molecule has 3 N–H and O–H groups in total. The van der Waals surface area contributed by atoms with Crippen LogP contribution in [0, 0.1) is 0 Å². The molecule has 0 unspecified atom stereocenters. The molecule has 2 aromatic carbocycles. The van der Waals surface area contributed by atoms with E-state index in [9.17, 15) is 0 Å². The molecule has 27 heavy (non-hydrogen) atoms. The summed E-state index contributed by atoms with van der Waals surface area (Å²) in [6.07, 6.45) is 5.25. The largest absolute Gasteiger partial charge is 0.456 e. The number of hydrogen-bond acceptors (Lipinski definition) is 4. The van der Waals surface area contributed by atoms with Crippen LogP contribution in [0.25, 0.3) is 21.9 Å². The van der Waals surface area contributed by atoms with Crippen LogP contribution in [-0.2, 0) is 0 Å². The first-order valence-corrected chi connectivity index (χ1v) is 8.74. The first kappa shape index (κ1) is 15.7. The molecule has 3 aromatic heterocycles. The molecule has 0 saturated heterocycles. The van der Waals surface area contributed by atoms with E-state index in [1.165, 1.54) is 6.33 Å². The number of nitrogens with one attached hydrogen (secondary N) is 3. The van der Waals surface area contributed by atoms with Crippen LogP contribution >= 0.6 is 11.6 Å². The SMILES string of the molecule is Clc1cc(Nc2ncnc3cc[nH]c23)ccc1Oc1ccc2[nH]ccc2c1. The van der Waals surface area contributed by atoms with E-state index >= 15 is 0 Å². The molecule has 132 valence electrons. The predicted molar refractivity (Wildman–Crippen MR) is 107 cm³/mol. The van der Waals surface area contributed by atoms with Crippen LogP contribution in [0.5, 0.6) is 11.5 Å². The Labute approximate surface area is 159 Å². The van der Waals surface area contributed by atoms with Crippen molar-refractivity contribution in [2.75, 3.05) is 5.32 Å². The van der Waals surface area contributed by atoms with Crippen molar-refractivity contribution >= 4 is 45.0 Å². The Morgan fingerprint density at radius 1 is 0.926 bits per heavy atom. The third kappa shape index (κ3) is 2.96. The maximum atomic E-state index is 6.43. The molecular weight excluding hydrogens is 362 g/mol. The highest BCUT2D eigenvalue weighted by Gasteiger charge is 2.09. The Kier molecular flexibility index (Phi) is 3.69. The average Bonchev–Trinajstić information content (AvgIpc) is 3.33. The molecule has 0 saturated carbocycles. The third-order valence-corrected chi connectivity index (χ3v) is 4.59. The fourth-order valence-electron chi connectivity index (χ4n) is 2.99. The lowest BCUT2D eigenvalue weighted by atomic mass is 10.2. The Balaban J connectivity index is 1.40. The van der Waals surface area contributed by atoms with Crippen molar-refractivity contribution < 1.29 is 4.74 Å². The maximum Gasteiger partial charge on any atom is 0.158 e. The van der Waals surface area contributed by atoms with Gasteiger partial charge in [0.25, 0.3) is 0 Å². The molecule has 3 heterocycles. The van der Waals surface area contributed by atoms with Crippen molar-refractivity contribution in [2.24, 2.45) is 0 Å². The molecule has 0 aliphatic carbocycles. The average molecular weight is 376 g/mol. The van der Waals surface area contributed by atoms with E-state index < -0.39 is 0 Å². The van der Waals surface area contributed by atoms with E-state index in [0.717, 1.165) is 33.4 Å². The van der Waals surface area contributed by atoms with E-state index in [0.29, 0.717) is 16.6 Å². The van der Waals surface area contributed by atoms with Crippen molar-refractivity contribution in [3.05, 3.63) is 72.3 Å². The van der Waals surface area contributed by atoms with Crippen LogP contribution in [0.2, 0.25) is 5.02 Å². The summed E-state index contributed by atoms with van der Waals surface area (Å²) in [4.78, 5) is 14.8. The van der Waals surface area contributed by atoms with Gasteiger partial charge in [-0.05, 0) is 48.5 Å². The predicted octanol–water partition coefficient (Wildman–Crippen LogP) is 5.63. The summed E-state index contributed by atoms with van der Waals surface area (Å²) >= 11 is 6.43. The van der Waals surface area contributed by atoms with Gasteiger partial charge in [0.1, 0.15) is 23.3 Å². The topological polar surface area (TPSA) is 78.6 Å². The second-order valence-electron chi connectivity index (χ2n) is 6.06. The summed E-state index contributed by atoms with van der Waals surface area (Å²) in [6.45, 7) is 0. The van der Waals surface area contributed by atoms with Crippen molar-refractivity contribution in [3.63, 3.8) is 0 Å². The van der Waals surface area contributed by atoms with Crippen molar-refractivity contribution in [2.45, 2.75) is 0 Å². The molecule has 0 bridgehead atoms. The van der Waals surface area contributed by atoms with Crippen LogP contribution in [0.4, 0.5) is 11.5 Å². The van der Waals surface area contributed by atoms with E-state index in [4.69, 9.17) is 16.3 Å². The fraction of sp³-hybridized carbons (Fsp3) is 0. The monoisotopic (exact) mass is 375 g/mol. The number of ether oxygens (including phenoxy) is 1. The number of rotatable bonds is 4. The highest BCUT2D eigenvalue weighted by molar-refractivity contribution is 6.32. The Bertz CT molecular complexity index is 1260. The number of fused-ring (bicyclic) bond motifs is 2. The quantitative estimate of drug-likeness (QED) is 0.380. The molecule has 0 radical (unpaired) electrons. The molecule has 0 atom stereocenters. The normalized spacial score (nSPS) is 11.1. The van der Waals surface area contributed by atoms with Crippen LogP contribution in [-0.4, -0.2) is 19.9 Å². The van der Waals surface area contributed by atoms with Gasteiger partial charge in [0, 0.05) is 29.0 Å². The molecule has 5 rings (SSSR count). The number of benzene rings is 2. The number of H-pyrrole nitrogens is 2. The van der Waals surface area contributed by atoms with Crippen LogP contribution in [0.1, 0.15) is 0 Å². The zero-order valence-electron chi connectivity index (χ0n) is 14.0. The van der Waals surface area contributed by atoms with Crippen molar-refractivity contribution in [1.29, 1.82) is 0 Å². The number of aromatic amines is 2. The van der Waals surface area contributed by atoms with Crippen LogP contribution in [0.3, 0.4) is 0 Å². The van der Waals surface area contributed by atoms with Gasteiger partial charge in [0.15, 0.2) is 5.82 Å². The number of hydrogen-bond donors (Lipinski definition) is 3. The third-order valence-electron chi connectivity index (χ3n) is 4.29. The van der Waals surface area contributed by atoms with E-state index in [1.807, 2.05) is 60.9 Å². The molecule has 0 amide bonds. The van der Waals surface area contributed by atoms with E-state index in [2.05, 4.69) is 25.3 Å². The molecule has 7 heteroatoms. The van der Waals surface area contributed by atoms with Gasteiger partial charge >= 0.3 is 0 Å². The van der Waals surface area contributed by atoms with Gasteiger partial charge in [-0.2, -0.15) is 0 Å². The smallest absolute Gasteiger partial charge is 0.158 e. The van der Waals surface area contributed by atoms with Crippen molar-refractivity contribution in [1.82, 2.24) is 19.9 Å². The van der Waals surface area contributed by atoms with Gasteiger partial charge in [-0.3, -0.25) is 0 Å². The standard InChI is InChI=1S/C20H14ClN5O/c21-15-10-13(26-20-19-17(6-8-23-19)24-11-25-20)1-4-18(15)27-14-2-3-16-12(9-14)5-7-22-16/h1-11,22-23H,(H,24,25,26). The Morgan fingerprint density at radius 2 is 1.85 bits per heavy atom.